The van der Waals surface area contributed by atoms with Crippen LogP contribution in [0.5, 0.6) is 5.75 Å². The predicted molar refractivity (Wildman–Crippen MR) is 103 cm³/mol. The van der Waals surface area contributed by atoms with Crippen LogP contribution >= 0.6 is 11.6 Å². The monoisotopic (exact) mass is 455 g/mol. The summed E-state index contributed by atoms with van der Waals surface area (Å²) in [7, 11) is -3.03. The molecule has 2 atom stereocenters. The number of hydrogen-bond donors (Lipinski definition) is 0. The Morgan fingerprint density at radius 3 is 2.47 bits per heavy atom. The largest absolute Gasteiger partial charge is 0.493 e. The van der Waals surface area contributed by atoms with Crippen molar-refractivity contribution in [3.8, 4) is 5.75 Å². The molecule has 30 heavy (non-hydrogen) atoms. The summed E-state index contributed by atoms with van der Waals surface area (Å²) in [6, 6.07) is 7.01. The Labute approximate surface area is 176 Å². The van der Waals surface area contributed by atoms with Gasteiger partial charge in [0.15, 0.2) is 17.3 Å². The molecule has 158 valence electrons. The molecule has 2 aromatic rings. The van der Waals surface area contributed by atoms with Crippen molar-refractivity contribution in [2.24, 2.45) is 5.92 Å². The third kappa shape index (κ3) is 2.83. The van der Waals surface area contributed by atoms with E-state index in [-0.39, 0.29) is 29.2 Å². The molecule has 6 nitrogen and oxygen atoms in total. The van der Waals surface area contributed by atoms with Crippen LogP contribution in [0.2, 0.25) is 5.02 Å². The van der Waals surface area contributed by atoms with Gasteiger partial charge in [-0.15, -0.1) is 0 Å². The molecule has 2 heterocycles. The van der Waals surface area contributed by atoms with Crippen molar-refractivity contribution in [1.82, 2.24) is 4.90 Å². The maximum Gasteiger partial charge on any atom is 0.228 e. The smallest absolute Gasteiger partial charge is 0.228 e. The van der Waals surface area contributed by atoms with Crippen LogP contribution in [0.25, 0.3) is 0 Å². The van der Waals surface area contributed by atoms with Crippen molar-refractivity contribution in [2.75, 3.05) is 13.7 Å². The SMILES string of the molecule is COc1c(F)cc(F)cc1CC1CN2C(=O)CC2(S(=O)(=O)c2ccc(Cl)cc2)C1=O. The average Bonchev–Trinajstić information content (AvgIpc) is 2.90. The van der Waals surface area contributed by atoms with Crippen LogP contribution in [-0.2, 0) is 25.8 Å². The van der Waals surface area contributed by atoms with E-state index in [0.29, 0.717) is 11.1 Å². The minimum absolute atomic E-state index is 0.0855. The Balaban J connectivity index is 1.72. The molecule has 2 aromatic carbocycles. The second-order valence-corrected chi connectivity index (χ2v) is 9.86. The first-order chi connectivity index (χ1) is 14.1. The van der Waals surface area contributed by atoms with E-state index in [1.807, 2.05) is 0 Å². The molecule has 0 radical (unpaired) electrons. The second kappa shape index (κ2) is 7.02. The lowest BCUT2D eigenvalue weighted by Crippen LogP contribution is -2.67. The number of hydrogen-bond acceptors (Lipinski definition) is 5. The number of benzene rings is 2. The van der Waals surface area contributed by atoms with Crippen molar-refractivity contribution in [2.45, 2.75) is 22.6 Å². The highest BCUT2D eigenvalue weighted by Gasteiger charge is 2.70. The summed E-state index contributed by atoms with van der Waals surface area (Å²) in [6.07, 6.45) is -0.639. The minimum atomic E-state index is -4.24. The Morgan fingerprint density at radius 1 is 1.20 bits per heavy atom. The predicted octanol–water partition coefficient (Wildman–Crippen LogP) is 2.77. The number of amides is 1. The Kier molecular flexibility index (Phi) is 4.85. The van der Waals surface area contributed by atoms with Gasteiger partial charge in [-0.1, -0.05) is 11.6 Å². The van der Waals surface area contributed by atoms with Crippen molar-refractivity contribution in [3.05, 3.63) is 58.6 Å². The van der Waals surface area contributed by atoms with E-state index in [1.165, 1.54) is 31.4 Å². The molecule has 0 bridgehead atoms. The van der Waals surface area contributed by atoms with Crippen LogP contribution in [0.4, 0.5) is 8.78 Å². The van der Waals surface area contributed by atoms with Gasteiger partial charge in [0.2, 0.25) is 20.6 Å². The van der Waals surface area contributed by atoms with Crippen LogP contribution in [0.1, 0.15) is 12.0 Å². The highest BCUT2D eigenvalue weighted by atomic mass is 35.5. The highest BCUT2D eigenvalue weighted by Crippen LogP contribution is 2.49. The first-order valence-corrected chi connectivity index (χ1v) is 10.8. The lowest BCUT2D eigenvalue weighted by Gasteiger charge is -2.44. The van der Waals surface area contributed by atoms with E-state index in [4.69, 9.17) is 16.3 Å². The van der Waals surface area contributed by atoms with E-state index in [9.17, 15) is 26.8 Å². The average molecular weight is 456 g/mol. The second-order valence-electron chi connectivity index (χ2n) is 7.27. The molecule has 2 saturated heterocycles. The number of carbonyl (C=O) groups is 2. The van der Waals surface area contributed by atoms with Gasteiger partial charge < -0.3 is 9.64 Å². The Morgan fingerprint density at radius 2 is 1.87 bits per heavy atom. The van der Waals surface area contributed by atoms with Crippen molar-refractivity contribution in [3.63, 3.8) is 0 Å². The van der Waals surface area contributed by atoms with E-state index < -0.39 is 50.4 Å². The number of ether oxygens (including phenoxy) is 1. The summed E-state index contributed by atoms with van der Waals surface area (Å²) >= 11 is 5.82. The zero-order chi connectivity index (χ0) is 21.8. The molecule has 0 aromatic heterocycles. The topological polar surface area (TPSA) is 80.8 Å². The van der Waals surface area contributed by atoms with E-state index in [2.05, 4.69) is 0 Å². The summed E-state index contributed by atoms with van der Waals surface area (Å²) in [4.78, 5) is 24.3. The van der Waals surface area contributed by atoms with Gasteiger partial charge in [0, 0.05) is 29.1 Å². The number of β-lactam (4-membered cyclic amide) rings is 1. The standard InChI is InChI=1S/C20H16ClF2NO5S/c1-29-18-11(7-14(22)8-16(18)23)6-12-10-24-17(25)9-20(24,19(12)26)30(27,28)15-4-2-13(21)3-5-15/h2-5,7-8,12H,6,9-10H2,1H3. The van der Waals surface area contributed by atoms with E-state index >= 15 is 0 Å². The van der Waals surface area contributed by atoms with E-state index in [1.54, 1.807) is 0 Å². The Bertz CT molecular complexity index is 1170. The summed E-state index contributed by atoms with van der Waals surface area (Å²) in [6.45, 7) is -0.161. The summed E-state index contributed by atoms with van der Waals surface area (Å²) in [5, 5.41) is 0.323. The molecule has 0 spiro atoms. The fourth-order valence-electron chi connectivity index (χ4n) is 4.20. The van der Waals surface area contributed by atoms with Crippen molar-refractivity contribution >= 4 is 33.1 Å². The van der Waals surface area contributed by atoms with Crippen LogP contribution in [-0.4, -0.2) is 43.5 Å². The quantitative estimate of drug-likeness (QED) is 0.648. The summed E-state index contributed by atoms with van der Waals surface area (Å²) < 4.78 is 59.3. The number of nitrogens with zero attached hydrogens (tertiary/aromatic N) is 1. The first-order valence-electron chi connectivity index (χ1n) is 8.98. The molecule has 4 rings (SSSR count). The van der Waals surface area contributed by atoms with Gasteiger partial charge in [-0.2, -0.15) is 0 Å². The van der Waals surface area contributed by atoms with E-state index in [0.717, 1.165) is 11.0 Å². The number of rotatable bonds is 5. The molecule has 2 aliphatic rings. The van der Waals surface area contributed by atoms with Crippen LogP contribution in [0.15, 0.2) is 41.3 Å². The van der Waals surface area contributed by atoms with Gasteiger partial charge >= 0.3 is 0 Å². The lowest BCUT2D eigenvalue weighted by molar-refractivity contribution is -0.150. The van der Waals surface area contributed by atoms with Crippen molar-refractivity contribution < 1.29 is 31.5 Å². The maximum atomic E-state index is 14.0. The van der Waals surface area contributed by atoms with Crippen LogP contribution in [0, 0.1) is 17.6 Å². The maximum absolute atomic E-state index is 14.0. The Hall–Kier alpha value is -2.52. The van der Waals surface area contributed by atoms with Crippen LogP contribution in [0.3, 0.4) is 0 Å². The third-order valence-corrected chi connectivity index (χ3v) is 8.21. The fraction of sp³-hybridized carbons (Fsp3) is 0.300. The van der Waals surface area contributed by atoms with Gasteiger partial charge in [0.1, 0.15) is 5.82 Å². The molecule has 2 fully saturated rings. The first kappa shape index (κ1) is 20.7. The number of methoxy groups -OCH3 is 1. The third-order valence-electron chi connectivity index (χ3n) is 5.61. The molecule has 0 aliphatic carbocycles. The number of ketones is 1. The van der Waals surface area contributed by atoms with Gasteiger partial charge in [-0.3, -0.25) is 9.59 Å². The molecular formula is C20H16ClF2NO5S. The molecule has 2 unspecified atom stereocenters. The molecule has 1 amide bonds. The molecule has 10 heteroatoms. The molecular weight excluding hydrogens is 440 g/mol. The van der Waals surface area contributed by atoms with Gasteiger partial charge in [-0.25, -0.2) is 17.2 Å². The number of halogens is 3. The normalized spacial score (nSPS) is 23.3. The highest BCUT2D eigenvalue weighted by molar-refractivity contribution is 7.93. The number of sulfone groups is 1. The van der Waals surface area contributed by atoms with Gasteiger partial charge in [0.05, 0.1) is 18.4 Å². The summed E-state index contributed by atoms with van der Waals surface area (Å²) in [5.41, 5.74) is 0.0855. The van der Waals surface area contributed by atoms with Crippen LogP contribution < -0.4 is 4.74 Å². The molecule has 2 aliphatic heterocycles. The molecule has 0 saturated carbocycles. The minimum Gasteiger partial charge on any atom is -0.493 e. The zero-order valence-corrected chi connectivity index (χ0v) is 17.3. The van der Waals surface area contributed by atoms with Gasteiger partial charge in [0.25, 0.3) is 0 Å². The van der Waals surface area contributed by atoms with Gasteiger partial charge in [-0.05, 0) is 36.8 Å². The summed E-state index contributed by atoms with van der Waals surface area (Å²) in [5.74, 6) is -4.10. The number of carbonyl (C=O) groups excluding carboxylic acids is 2. The number of fused-ring (bicyclic) bond motifs is 1. The zero-order valence-electron chi connectivity index (χ0n) is 15.7. The fourth-order valence-corrected chi connectivity index (χ4v) is 6.42. The lowest BCUT2D eigenvalue weighted by atomic mass is 9.92. The molecule has 0 N–H and O–H groups in total. The number of Topliss-reactive ketones (excluding diaryl/α,β-unsaturated/α-hetero) is 1. The van der Waals surface area contributed by atoms with Crippen molar-refractivity contribution in [1.29, 1.82) is 0 Å².